The SMILES string of the molecule is CCCn1ncnc1C(C)n1ccc(C)c(C(=O)O)c1=O. The summed E-state index contributed by atoms with van der Waals surface area (Å²) >= 11 is 0. The van der Waals surface area contributed by atoms with Gasteiger partial charge in [-0.2, -0.15) is 5.10 Å². The third kappa shape index (κ3) is 2.72. The number of carboxylic acids is 1. The van der Waals surface area contributed by atoms with Crippen molar-refractivity contribution in [3.8, 4) is 0 Å². The van der Waals surface area contributed by atoms with Gasteiger partial charge in [-0.25, -0.2) is 14.5 Å². The number of aryl methyl sites for hydroxylation is 2. The molecule has 2 aromatic heterocycles. The molecule has 7 nitrogen and oxygen atoms in total. The predicted octanol–water partition coefficient (Wildman–Crippen LogP) is 1.47. The van der Waals surface area contributed by atoms with E-state index in [1.807, 2.05) is 6.92 Å². The Kier molecular flexibility index (Phi) is 4.21. The van der Waals surface area contributed by atoms with Crippen LogP contribution in [0.2, 0.25) is 0 Å². The van der Waals surface area contributed by atoms with Crippen LogP contribution in [0.25, 0.3) is 0 Å². The molecule has 0 aliphatic heterocycles. The van der Waals surface area contributed by atoms with Gasteiger partial charge in [0.2, 0.25) is 0 Å². The Morgan fingerprint density at radius 3 is 2.81 bits per heavy atom. The Balaban J connectivity index is 2.51. The second-order valence-corrected chi connectivity index (χ2v) is 4.91. The first-order valence-corrected chi connectivity index (χ1v) is 6.80. The first-order valence-electron chi connectivity index (χ1n) is 6.80. The van der Waals surface area contributed by atoms with E-state index in [2.05, 4.69) is 10.1 Å². The summed E-state index contributed by atoms with van der Waals surface area (Å²) in [6.07, 6.45) is 3.94. The summed E-state index contributed by atoms with van der Waals surface area (Å²) in [6, 6.07) is 1.24. The van der Waals surface area contributed by atoms with Crippen molar-refractivity contribution in [1.29, 1.82) is 0 Å². The fourth-order valence-electron chi connectivity index (χ4n) is 2.31. The molecule has 7 heteroatoms. The molecule has 21 heavy (non-hydrogen) atoms. The van der Waals surface area contributed by atoms with Crippen molar-refractivity contribution < 1.29 is 9.90 Å². The van der Waals surface area contributed by atoms with E-state index >= 15 is 0 Å². The van der Waals surface area contributed by atoms with E-state index < -0.39 is 11.5 Å². The standard InChI is InChI=1S/C14H18N4O3/c1-4-6-18-12(15-8-16-18)10(3)17-7-5-9(2)11(13(17)19)14(20)21/h5,7-8,10H,4,6H2,1-3H3,(H,20,21). The van der Waals surface area contributed by atoms with Gasteiger partial charge in [0.15, 0.2) is 0 Å². The van der Waals surface area contributed by atoms with Gasteiger partial charge < -0.3 is 9.67 Å². The van der Waals surface area contributed by atoms with Crippen LogP contribution < -0.4 is 5.56 Å². The van der Waals surface area contributed by atoms with E-state index in [1.165, 1.54) is 10.9 Å². The lowest BCUT2D eigenvalue weighted by Gasteiger charge is -2.16. The molecule has 2 aromatic rings. The number of carbonyl (C=O) groups is 1. The quantitative estimate of drug-likeness (QED) is 0.900. The predicted molar refractivity (Wildman–Crippen MR) is 76.5 cm³/mol. The van der Waals surface area contributed by atoms with Crippen LogP contribution in [0, 0.1) is 6.92 Å². The van der Waals surface area contributed by atoms with Gasteiger partial charge >= 0.3 is 5.97 Å². The Hall–Kier alpha value is -2.44. The van der Waals surface area contributed by atoms with E-state index in [0.717, 1.165) is 6.42 Å². The number of hydrogen-bond acceptors (Lipinski definition) is 4. The number of carboxylic acid groups (broad SMARTS) is 1. The number of nitrogens with zero attached hydrogens (tertiary/aromatic N) is 4. The van der Waals surface area contributed by atoms with Gasteiger partial charge in [-0.15, -0.1) is 0 Å². The molecule has 0 radical (unpaired) electrons. The molecule has 1 unspecified atom stereocenters. The summed E-state index contributed by atoms with van der Waals surface area (Å²) in [6.45, 7) is 6.14. The maximum absolute atomic E-state index is 12.4. The molecule has 2 rings (SSSR count). The van der Waals surface area contributed by atoms with E-state index in [0.29, 0.717) is 17.9 Å². The van der Waals surface area contributed by atoms with Gasteiger partial charge in [-0.05, 0) is 31.9 Å². The number of pyridine rings is 1. The van der Waals surface area contributed by atoms with Crippen LogP contribution in [0.5, 0.6) is 0 Å². The van der Waals surface area contributed by atoms with Crippen molar-refractivity contribution in [2.45, 2.75) is 39.8 Å². The highest BCUT2D eigenvalue weighted by Gasteiger charge is 2.20. The topological polar surface area (TPSA) is 90.0 Å². The molecule has 0 bridgehead atoms. The molecule has 1 atom stereocenters. The zero-order valence-electron chi connectivity index (χ0n) is 12.3. The number of aromatic nitrogens is 4. The summed E-state index contributed by atoms with van der Waals surface area (Å²) in [7, 11) is 0. The monoisotopic (exact) mass is 290 g/mol. The largest absolute Gasteiger partial charge is 0.477 e. The molecule has 0 aliphatic carbocycles. The van der Waals surface area contributed by atoms with Crippen LogP contribution in [0.3, 0.4) is 0 Å². The molecule has 0 saturated heterocycles. The highest BCUT2D eigenvalue weighted by molar-refractivity contribution is 5.88. The zero-order chi connectivity index (χ0) is 15.6. The molecule has 0 amide bonds. The minimum absolute atomic E-state index is 0.203. The average molecular weight is 290 g/mol. The summed E-state index contributed by atoms with van der Waals surface area (Å²) in [5, 5.41) is 13.3. The zero-order valence-corrected chi connectivity index (χ0v) is 12.3. The molecule has 1 N–H and O–H groups in total. The second kappa shape index (κ2) is 5.90. The lowest BCUT2D eigenvalue weighted by molar-refractivity contribution is 0.0693. The van der Waals surface area contributed by atoms with Gasteiger partial charge in [0.05, 0.1) is 6.04 Å². The Morgan fingerprint density at radius 1 is 1.48 bits per heavy atom. The summed E-state index contributed by atoms with van der Waals surface area (Å²) in [4.78, 5) is 27.8. The Labute approximate surface area is 121 Å². The molecule has 0 fully saturated rings. The van der Waals surface area contributed by atoms with E-state index in [1.54, 1.807) is 30.8 Å². The molecular formula is C14H18N4O3. The number of aromatic carboxylic acids is 1. The van der Waals surface area contributed by atoms with Crippen molar-refractivity contribution in [3.05, 3.63) is 45.9 Å². The van der Waals surface area contributed by atoms with E-state index in [9.17, 15) is 14.7 Å². The fourth-order valence-corrected chi connectivity index (χ4v) is 2.31. The Morgan fingerprint density at radius 2 is 2.19 bits per heavy atom. The highest BCUT2D eigenvalue weighted by atomic mass is 16.4. The lowest BCUT2D eigenvalue weighted by Crippen LogP contribution is -2.30. The lowest BCUT2D eigenvalue weighted by atomic mass is 10.1. The van der Waals surface area contributed by atoms with Crippen LogP contribution in [0.15, 0.2) is 23.4 Å². The van der Waals surface area contributed by atoms with Gasteiger partial charge in [0.1, 0.15) is 17.7 Å². The van der Waals surface area contributed by atoms with Crippen molar-refractivity contribution in [2.24, 2.45) is 0 Å². The molecule has 0 aliphatic rings. The summed E-state index contributed by atoms with van der Waals surface area (Å²) in [5.41, 5.74) is -0.280. The molecule has 2 heterocycles. The van der Waals surface area contributed by atoms with E-state index in [-0.39, 0.29) is 11.6 Å². The fraction of sp³-hybridized carbons (Fsp3) is 0.429. The van der Waals surface area contributed by atoms with Crippen molar-refractivity contribution in [3.63, 3.8) is 0 Å². The number of hydrogen-bond donors (Lipinski definition) is 1. The van der Waals surface area contributed by atoms with Gasteiger partial charge in [-0.1, -0.05) is 6.92 Å². The first kappa shape index (κ1) is 15.0. The van der Waals surface area contributed by atoms with Gasteiger partial charge in [-0.3, -0.25) is 4.79 Å². The van der Waals surface area contributed by atoms with Gasteiger partial charge in [0.25, 0.3) is 5.56 Å². The maximum atomic E-state index is 12.4. The highest BCUT2D eigenvalue weighted by Crippen LogP contribution is 2.14. The van der Waals surface area contributed by atoms with Crippen LogP contribution in [-0.4, -0.2) is 30.4 Å². The third-order valence-electron chi connectivity index (χ3n) is 3.41. The van der Waals surface area contributed by atoms with Crippen molar-refractivity contribution in [1.82, 2.24) is 19.3 Å². The smallest absolute Gasteiger partial charge is 0.341 e. The van der Waals surface area contributed by atoms with Crippen molar-refractivity contribution >= 4 is 5.97 Å². The summed E-state index contributed by atoms with van der Waals surface area (Å²) < 4.78 is 3.12. The minimum Gasteiger partial charge on any atom is -0.477 e. The van der Waals surface area contributed by atoms with Crippen LogP contribution in [0.1, 0.15) is 48.1 Å². The molecule has 0 aromatic carbocycles. The van der Waals surface area contributed by atoms with Crippen molar-refractivity contribution in [2.75, 3.05) is 0 Å². The Bertz CT molecular complexity index is 717. The van der Waals surface area contributed by atoms with E-state index in [4.69, 9.17) is 0 Å². The van der Waals surface area contributed by atoms with Gasteiger partial charge in [0, 0.05) is 12.7 Å². The maximum Gasteiger partial charge on any atom is 0.341 e. The summed E-state index contributed by atoms with van der Waals surface area (Å²) in [5.74, 6) is -0.576. The van der Waals surface area contributed by atoms with Crippen LogP contribution in [-0.2, 0) is 6.54 Å². The molecule has 0 saturated carbocycles. The molecular weight excluding hydrogens is 272 g/mol. The van der Waals surface area contributed by atoms with Crippen LogP contribution >= 0.6 is 0 Å². The second-order valence-electron chi connectivity index (χ2n) is 4.91. The minimum atomic E-state index is -1.21. The number of rotatable bonds is 5. The molecule has 112 valence electrons. The first-order chi connectivity index (χ1) is 9.97. The van der Waals surface area contributed by atoms with Crippen LogP contribution in [0.4, 0.5) is 0 Å². The third-order valence-corrected chi connectivity index (χ3v) is 3.41. The normalized spacial score (nSPS) is 12.3. The average Bonchev–Trinajstić information content (AvgIpc) is 2.86. The molecule has 0 spiro atoms.